The number of hydrogen-bond acceptors (Lipinski definition) is 1. The first-order valence-corrected chi connectivity index (χ1v) is 4.18. The molecule has 1 aromatic rings. The lowest BCUT2D eigenvalue weighted by atomic mass is 10.1. The summed E-state index contributed by atoms with van der Waals surface area (Å²) in [6, 6.07) is 7.80. The van der Waals surface area contributed by atoms with Gasteiger partial charge in [0.05, 0.1) is 5.56 Å². The normalized spacial score (nSPS) is 8.73. The maximum Gasteiger partial charge on any atom is 0.100 e. The van der Waals surface area contributed by atoms with Gasteiger partial charge in [-0.1, -0.05) is 18.7 Å². The van der Waals surface area contributed by atoms with E-state index in [2.05, 4.69) is 35.2 Å². The Morgan fingerprint density at radius 2 is 2.27 bits per heavy atom. The number of nitriles is 1. The molecule has 0 heterocycles. The zero-order valence-electron chi connectivity index (χ0n) is 5.84. The summed E-state index contributed by atoms with van der Waals surface area (Å²) in [6.45, 7) is 3.62. The summed E-state index contributed by atoms with van der Waals surface area (Å²) in [7, 11) is 0. The molecule has 11 heavy (non-hydrogen) atoms. The molecule has 0 aliphatic rings. The molecule has 0 N–H and O–H groups in total. The molecule has 1 aromatic carbocycles. The van der Waals surface area contributed by atoms with E-state index in [-0.39, 0.29) is 0 Å². The minimum absolute atomic E-state index is 0.711. The number of nitrogens with zero attached hydrogens (tertiary/aromatic N) is 1. The quantitative estimate of drug-likeness (QED) is 0.708. The van der Waals surface area contributed by atoms with Crippen LogP contribution in [0.25, 0.3) is 6.08 Å². The Morgan fingerprint density at radius 1 is 1.55 bits per heavy atom. The van der Waals surface area contributed by atoms with Crippen LogP contribution in [-0.4, -0.2) is 0 Å². The summed E-state index contributed by atoms with van der Waals surface area (Å²) in [5, 5.41) is 8.65. The van der Waals surface area contributed by atoms with Gasteiger partial charge in [-0.3, -0.25) is 0 Å². The molecule has 0 aliphatic carbocycles. The number of hydrogen-bond donors (Lipinski definition) is 0. The third kappa shape index (κ3) is 1.81. The first-order valence-electron chi connectivity index (χ1n) is 3.10. The minimum Gasteiger partial charge on any atom is -0.192 e. The highest BCUT2D eigenvalue weighted by Crippen LogP contribution is 2.13. The molecule has 0 amide bonds. The first-order chi connectivity index (χ1) is 5.27. The fourth-order valence-corrected chi connectivity index (χ4v) is 1.21. The van der Waals surface area contributed by atoms with Gasteiger partial charge in [-0.25, -0.2) is 0 Å². The van der Waals surface area contributed by atoms with Crippen LogP contribution in [0.15, 0.2) is 24.8 Å². The lowest BCUT2D eigenvalue weighted by Crippen LogP contribution is -1.81. The van der Waals surface area contributed by atoms with Crippen molar-refractivity contribution in [2.75, 3.05) is 0 Å². The summed E-state index contributed by atoms with van der Waals surface area (Å²) in [5.41, 5.74) is 1.70. The van der Waals surface area contributed by atoms with Crippen LogP contribution in [0.1, 0.15) is 11.1 Å². The average Bonchev–Trinajstić information content (AvgIpc) is 2.05. The van der Waals surface area contributed by atoms with Crippen molar-refractivity contribution in [3.8, 4) is 6.07 Å². The van der Waals surface area contributed by atoms with Gasteiger partial charge in [0.15, 0.2) is 0 Å². The second-order valence-corrected chi connectivity index (χ2v) is 3.22. The van der Waals surface area contributed by atoms with Crippen molar-refractivity contribution in [3.05, 3.63) is 39.5 Å². The molecule has 2 heteroatoms. The van der Waals surface area contributed by atoms with E-state index in [1.165, 1.54) is 0 Å². The second kappa shape index (κ2) is 3.54. The smallest absolute Gasteiger partial charge is 0.100 e. The van der Waals surface area contributed by atoms with Gasteiger partial charge < -0.3 is 0 Å². The summed E-state index contributed by atoms with van der Waals surface area (Å²) in [6.07, 6.45) is 1.73. The van der Waals surface area contributed by atoms with Crippen LogP contribution < -0.4 is 0 Å². The zero-order chi connectivity index (χ0) is 8.27. The van der Waals surface area contributed by atoms with Crippen molar-refractivity contribution >= 4 is 28.7 Å². The molecule has 0 radical (unpaired) electrons. The van der Waals surface area contributed by atoms with Gasteiger partial charge in [-0.2, -0.15) is 5.26 Å². The van der Waals surface area contributed by atoms with E-state index < -0.39 is 0 Å². The van der Waals surface area contributed by atoms with Crippen molar-refractivity contribution in [1.82, 2.24) is 0 Å². The molecular weight excluding hydrogens is 249 g/mol. The molecule has 0 aromatic heterocycles. The Balaban J connectivity index is 3.25. The third-order valence-electron chi connectivity index (χ3n) is 1.35. The predicted octanol–water partition coefficient (Wildman–Crippen LogP) is 2.81. The monoisotopic (exact) mass is 255 g/mol. The average molecular weight is 255 g/mol. The van der Waals surface area contributed by atoms with Gasteiger partial charge in [0.1, 0.15) is 6.07 Å². The fourth-order valence-electron chi connectivity index (χ4n) is 0.756. The van der Waals surface area contributed by atoms with E-state index in [1.54, 1.807) is 6.08 Å². The van der Waals surface area contributed by atoms with Crippen LogP contribution in [0.3, 0.4) is 0 Å². The number of halogens is 1. The highest BCUT2D eigenvalue weighted by molar-refractivity contribution is 14.1. The summed E-state index contributed by atoms with van der Waals surface area (Å²) in [5.74, 6) is 0. The van der Waals surface area contributed by atoms with Crippen molar-refractivity contribution in [2.24, 2.45) is 0 Å². The van der Waals surface area contributed by atoms with Gasteiger partial charge in [0, 0.05) is 3.57 Å². The maximum absolute atomic E-state index is 8.65. The highest BCUT2D eigenvalue weighted by Gasteiger charge is 1.96. The molecule has 1 rings (SSSR count). The van der Waals surface area contributed by atoms with E-state index in [9.17, 15) is 0 Å². The minimum atomic E-state index is 0.711. The summed E-state index contributed by atoms with van der Waals surface area (Å²) >= 11 is 2.14. The summed E-state index contributed by atoms with van der Waals surface area (Å²) in [4.78, 5) is 0. The molecular formula is C9H6IN. The van der Waals surface area contributed by atoms with E-state index >= 15 is 0 Å². The number of benzene rings is 1. The Morgan fingerprint density at radius 3 is 2.82 bits per heavy atom. The zero-order valence-corrected chi connectivity index (χ0v) is 8.00. The van der Waals surface area contributed by atoms with Gasteiger partial charge in [-0.05, 0) is 40.3 Å². The molecule has 0 aliphatic heterocycles. The molecule has 0 saturated carbocycles. The molecule has 0 atom stereocenters. The largest absolute Gasteiger partial charge is 0.192 e. The Kier molecular flexibility index (Phi) is 2.66. The molecule has 54 valence electrons. The third-order valence-corrected chi connectivity index (χ3v) is 2.29. The van der Waals surface area contributed by atoms with E-state index in [0.29, 0.717) is 5.56 Å². The van der Waals surface area contributed by atoms with Crippen LogP contribution >= 0.6 is 22.6 Å². The lowest BCUT2D eigenvalue weighted by Gasteiger charge is -1.95. The highest BCUT2D eigenvalue weighted by atomic mass is 127. The maximum atomic E-state index is 8.65. The van der Waals surface area contributed by atoms with Crippen LogP contribution in [0.5, 0.6) is 0 Å². The van der Waals surface area contributed by atoms with Gasteiger partial charge in [0.25, 0.3) is 0 Å². The van der Waals surface area contributed by atoms with Gasteiger partial charge in [0.2, 0.25) is 0 Å². The van der Waals surface area contributed by atoms with Crippen molar-refractivity contribution in [2.45, 2.75) is 0 Å². The Hall–Kier alpha value is -0.820. The Labute approximate surface area is 79.5 Å². The van der Waals surface area contributed by atoms with Crippen LogP contribution in [0.2, 0.25) is 0 Å². The van der Waals surface area contributed by atoms with E-state index in [0.717, 1.165) is 9.13 Å². The SMILES string of the molecule is C=Cc1ccc(I)c(C#N)c1. The molecule has 0 unspecified atom stereocenters. The summed E-state index contributed by atoms with van der Waals surface area (Å²) < 4.78 is 0.982. The van der Waals surface area contributed by atoms with Gasteiger partial charge >= 0.3 is 0 Å². The van der Waals surface area contributed by atoms with Crippen LogP contribution in [-0.2, 0) is 0 Å². The second-order valence-electron chi connectivity index (χ2n) is 2.06. The molecule has 0 bridgehead atoms. The van der Waals surface area contributed by atoms with Crippen LogP contribution in [0.4, 0.5) is 0 Å². The number of rotatable bonds is 1. The molecule has 0 saturated heterocycles. The van der Waals surface area contributed by atoms with Gasteiger partial charge in [-0.15, -0.1) is 0 Å². The Bertz CT molecular complexity index is 323. The molecule has 1 nitrogen and oxygen atoms in total. The van der Waals surface area contributed by atoms with E-state index in [4.69, 9.17) is 5.26 Å². The van der Waals surface area contributed by atoms with Crippen LogP contribution in [0, 0.1) is 14.9 Å². The van der Waals surface area contributed by atoms with Crippen molar-refractivity contribution < 1.29 is 0 Å². The van der Waals surface area contributed by atoms with E-state index in [1.807, 2.05) is 18.2 Å². The van der Waals surface area contributed by atoms with Crippen molar-refractivity contribution in [1.29, 1.82) is 5.26 Å². The topological polar surface area (TPSA) is 23.8 Å². The molecule has 0 fully saturated rings. The van der Waals surface area contributed by atoms with Crippen molar-refractivity contribution in [3.63, 3.8) is 0 Å². The fraction of sp³-hybridized carbons (Fsp3) is 0. The predicted molar refractivity (Wildman–Crippen MR) is 54.0 cm³/mol. The standard InChI is InChI=1S/C9H6IN/c1-2-7-3-4-9(10)8(5-7)6-11/h2-5H,1H2. The lowest BCUT2D eigenvalue weighted by molar-refractivity contribution is 1.46. The first kappa shape index (κ1) is 8.28. The molecule has 0 spiro atoms.